The van der Waals surface area contributed by atoms with Crippen LogP contribution in [0.1, 0.15) is 30.4 Å². The van der Waals surface area contributed by atoms with Gasteiger partial charge in [0.25, 0.3) is 0 Å². The molecule has 1 amide bonds. The minimum Gasteiger partial charge on any atom is -0.481 e. The second kappa shape index (κ2) is 6.31. The molecule has 1 heterocycles. The molecule has 0 aromatic heterocycles. The molecule has 7 heteroatoms. The highest BCUT2D eigenvalue weighted by Crippen LogP contribution is 2.24. The molecule has 0 spiro atoms. The van der Waals surface area contributed by atoms with Gasteiger partial charge in [0.05, 0.1) is 12.1 Å². The second-order valence-corrected chi connectivity index (χ2v) is 6.35. The summed E-state index contributed by atoms with van der Waals surface area (Å²) in [4.78, 5) is 22.3. The van der Waals surface area contributed by atoms with E-state index in [1.807, 2.05) is 18.2 Å². The number of rotatable bonds is 3. The fourth-order valence-corrected chi connectivity index (χ4v) is 3.46. The molecule has 1 atom stereocenters. The molecule has 1 saturated heterocycles. The Morgan fingerprint density at radius 2 is 2.14 bits per heavy atom. The number of hydrogen-bond acceptors (Lipinski definition) is 5. The summed E-state index contributed by atoms with van der Waals surface area (Å²) in [7, 11) is 0. The van der Waals surface area contributed by atoms with Crippen molar-refractivity contribution >= 4 is 34.5 Å². The Labute approximate surface area is 131 Å². The molecule has 1 fully saturated rings. The number of amides is 1. The topological polar surface area (TPSA) is 91.1 Å². The van der Waals surface area contributed by atoms with Crippen LogP contribution in [-0.2, 0) is 16.0 Å². The van der Waals surface area contributed by atoms with Crippen LogP contribution >= 0.6 is 11.8 Å². The zero-order chi connectivity index (χ0) is 15.5. The number of fused-ring (bicyclic) bond motifs is 1. The maximum Gasteiger partial charge on any atom is 0.305 e. The second-order valence-electron chi connectivity index (χ2n) is 5.16. The summed E-state index contributed by atoms with van der Waals surface area (Å²) >= 11 is 1.12. The molecule has 3 rings (SSSR count). The Hall–Kier alpha value is -2.15. The molecule has 2 N–H and O–H groups in total. The molecular weight excluding hydrogens is 302 g/mol. The van der Waals surface area contributed by atoms with Crippen molar-refractivity contribution in [1.29, 1.82) is 0 Å². The smallest absolute Gasteiger partial charge is 0.305 e. The zero-order valence-corrected chi connectivity index (χ0v) is 12.6. The van der Waals surface area contributed by atoms with E-state index in [9.17, 15) is 9.59 Å². The van der Waals surface area contributed by atoms with Gasteiger partial charge in [-0.2, -0.15) is 5.10 Å². The number of aryl methyl sites for hydroxylation is 1. The zero-order valence-electron chi connectivity index (χ0n) is 11.8. The molecule has 6 nitrogen and oxygen atoms in total. The van der Waals surface area contributed by atoms with E-state index in [0.717, 1.165) is 42.3 Å². The van der Waals surface area contributed by atoms with Gasteiger partial charge >= 0.3 is 5.97 Å². The van der Waals surface area contributed by atoms with Crippen molar-refractivity contribution < 1.29 is 14.7 Å². The Morgan fingerprint density at radius 3 is 2.95 bits per heavy atom. The number of carbonyl (C=O) groups excluding carboxylic acids is 1. The number of nitrogens with zero attached hydrogens (tertiary/aromatic N) is 2. The van der Waals surface area contributed by atoms with Gasteiger partial charge in [-0.1, -0.05) is 36.0 Å². The van der Waals surface area contributed by atoms with Gasteiger partial charge in [-0.05, 0) is 24.8 Å². The predicted octanol–water partition coefficient (Wildman–Crippen LogP) is 1.79. The van der Waals surface area contributed by atoms with Crippen molar-refractivity contribution in [2.24, 2.45) is 10.2 Å². The lowest BCUT2D eigenvalue weighted by Gasteiger charge is -2.16. The van der Waals surface area contributed by atoms with E-state index in [4.69, 9.17) is 5.11 Å². The van der Waals surface area contributed by atoms with Gasteiger partial charge in [0.1, 0.15) is 5.25 Å². The first kappa shape index (κ1) is 14.8. The van der Waals surface area contributed by atoms with Crippen molar-refractivity contribution in [1.82, 2.24) is 5.32 Å². The third-order valence-electron chi connectivity index (χ3n) is 3.59. The van der Waals surface area contributed by atoms with Crippen molar-refractivity contribution in [3.05, 3.63) is 35.4 Å². The first-order valence-corrected chi connectivity index (χ1v) is 7.93. The van der Waals surface area contributed by atoms with Crippen LogP contribution in [0.2, 0.25) is 0 Å². The highest BCUT2D eigenvalue weighted by molar-refractivity contribution is 8.15. The van der Waals surface area contributed by atoms with Crippen LogP contribution in [0, 0.1) is 0 Å². The summed E-state index contributed by atoms with van der Waals surface area (Å²) < 4.78 is 0. The van der Waals surface area contributed by atoms with Crippen molar-refractivity contribution in [2.75, 3.05) is 0 Å². The van der Waals surface area contributed by atoms with Gasteiger partial charge in [0.15, 0.2) is 5.17 Å². The van der Waals surface area contributed by atoms with E-state index in [1.54, 1.807) is 0 Å². The number of thioether (sulfide) groups is 1. The minimum atomic E-state index is -0.999. The highest BCUT2D eigenvalue weighted by atomic mass is 32.2. The van der Waals surface area contributed by atoms with Gasteiger partial charge in [-0.15, -0.1) is 5.10 Å². The third kappa shape index (κ3) is 3.19. The summed E-state index contributed by atoms with van der Waals surface area (Å²) in [6.45, 7) is 0. The minimum absolute atomic E-state index is 0.213. The molecular formula is C15H15N3O3S. The molecule has 0 radical (unpaired) electrons. The number of benzene rings is 1. The number of amidine groups is 1. The molecule has 1 aliphatic heterocycles. The number of aliphatic carboxylic acids is 1. The van der Waals surface area contributed by atoms with E-state index in [0.29, 0.717) is 5.17 Å². The summed E-state index contributed by atoms with van der Waals surface area (Å²) in [5.74, 6) is -1.32. The van der Waals surface area contributed by atoms with Crippen LogP contribution in [0.5, 0.6) is 0 Å². The van der Waals surface area contributed by atoms with Gasteiger partial charge < -0.3 is 10.4 Å². The fraction of sp³-hybridized carbons (Fsp3) is 0.333. The standard InChI is InChI=1S/C15H15N3O3S/c19-13(20)8-12-14(21)16-15(22-12)18-17-11-7-3-5-9-4-1-2-6-10(9)11/h1-2,4,6,12H,3,5,7-8H2,(H,19,20)(H,16,18,21)/b17-11+. The van der Waals surface area contributed by atoms with Gasteiger partial charge in [-0.3, -0.25) is 9.59 Å². The number of hydrogen-bond donors (Lipinski definition) is 2. The molecule has 22 heavy (non-hydrogen) atoms. The molecule has 1 aromatic rings. The average molecular weight is 317 g/mol. The van der Waals surface area contributed by atoms with E-state index >= 15 is 0 Å². The lowest BCUT2D eigenvalue weighted by Crippen LogP contribution is -2.26. The van der Waals surface area contributed by atoms with E-state index in [-0.39, 0.29) is 12.3 Å². The van der Waals surface area contributed by atoms with Crippen LogP contribution in [0.4, 0.5) is 0 Å². The summed E-state index contributed by atoms with van der Waals surface area (Å²) in [5, 5.41) is 19.4. The van der Waals surface area contributed by atoms with Crippen LogP contribution in [0.25, 0.3) is 0 Å². The normalized spacial score (nSPS) is 24.4. The van der Waals surface area contributed by atoms with Crippen LogP contribution in [-0.4, -0.2) is 33.1 Å². The largest absolute Gasteiger partial charge is 0.481 e. The molecule has 0 bridgehead atoms. The molecule has 1 aromatic carbocycles. The molecule has 1 aliphatic carbocycles. The van der Waals surface area contributed by atoms with Crippen molar-refractivity contribution in [3.8, 4) is 0 Å². The SMILES string of the molecule is O=C(O)CC1S/C(=N/N=C2\CCCc3ccccc32)NC1=O. The number of nitrogens with one attached hydrogen (secondary N) is 1. The quantitative estimate of drug-likeness (QED) is 0.832. The maximum atomic E-state index is 11.6. The van der Waals surface area contributed by atoms with Crippen LogP contribution < -0.4 is 5.32 Å². The predicted molar refractivity (Wildman–Crippen MR) is 85.1 cm³/mol. The highest BCUT2D eigenvalue weighted by Gasteiger charge is 2.32. The number of carboxylic acid groups (broad SMARTS) is 1. The summed E-state index contributed by atoms with van der Waals surface area (Å²) in [6.07, 6.45) is 2.71. The Balaban J connectivity index is 1.77. The Bertz CT molecular complexity index is 684. The summed E-state index contributed by atoms with van der Waals surface area (Å²) in [6, 6.07) is 8.10. The number of carboxylic acids is 1. The van der Waals surface area contributed by atoms with Crippen molar-refractivity contribution in [3.63, 3.8) is 0 Å². The van der Waals surface area contributed by atoms with E-state index < -0.39 is 11.2 Å². The van der Waals surface area contributed by atoms with Crippen LogP contribution in [0.15, 0.2) is 34.5 Å². The third-order valence-corrected chi connectivity index (χ3v) is 4.66. The number of carbonyl (C=O) groups is 2. The Morgan fingerprint density at radius 1 is 1.32 bits per heavy atom. The van der Waals surface area contributed by atoms with E-state index in [2.05, 4.69) is 21.6 Å². The van der Waals surface area contributed by atoms with Gasteiger partial charge in [0, 0.05) is 5.56 Å². The monoisotopic (exact) mass is 317 g/mol. The first-order chi connectivity index (χ1) is 10.6. The lowest BCUT2D eigenvalue weighted by atomic mass is 9.90. The fourth-order valence-electron chi connectivity index (χ4n) is 2.56. The van der Waals surface area contributed by atoms with Gasteiger partial charge in [-0.25, -0.2) is 0 Å². The van der Waals surface area contributed by atoms with Gasteiger partial charge in [0.2, 0.25) is 5.91 Å². The van der Waals surface area contributed by atoms with Crippen molar-refractivity contribution in [2.45, 2.75) is 30.9 Å². The summed E-state index contributed by atoms with van der Waals surface area (Å²) in [5.41, 5.74) is 3.28. The van der Waals surface area contributed by atoms with E-state index in [1.165, 1.54) is 5.56 Å². The maximum absolute atomic E-state index is 11.6. The first-order valence-electron chi connectivity index (χ1n) is 7.05. The molecule has 114 valence electrons. The molecule has 0 saturated carbocycles. The molecule has 1 unspecified atom stereocenters. The Kier molecular flexibility index (Phi) is 4.24. The van der Waals surface area contributed by atoms with Crippen LogP contribution in [0.3, 0.4) is 0 Å². The average Bonchev–Trinajstić information content (AvgIpc) is 2.84. The molecule has 2 aliphatic rings. The lowest BCUT2D eigenvalue weighted by molar-refractivity contribution is -0.138.